The number of guanidine groups is 1. The van der Waals surface area contributed by atoms with Gasteiger partial charge >= 0.3 is 0 Å². The Kier molecular flexibility index (Phi) is 13.8. The van der Waals surface area contributed by atoms with Gasteiger partial charge in [0.25, 0.3) is 0 Å². The van der Waals surface area contributed by atoms with Crippen LogP contribution in [0.15, 0.2) is 29.3 Å². The van der Waals surface area contributed by atoms with E-state index in [0.717, 1.165) is 24.7 Å². The van der Waals surface area contributed by atoms with Crippen LogP contribution in [0.5, 0.6) is 5.75 Å². The summed E-state index contributed by atoms with van der Waals surface area (Å²) < 4.78 is 5.82. The van der Waals surface area contributed by atoms with Gasteiger partial charge < -0.3 is 15.4 Å². The van der Waals surface area contributed by atoms with E-state index >= 15 is 0 Å². The van der Waals surface area contributed by atoms with E-state index in [1.165, 1.54) is 12.2 Å². The van der Waals surface area contributed by atoms with Crippen LogP contribution in [-0.4, -0.2) is 44.2 Å². The zero-order chi connectivity index (χ0) is 16.2. The third kappa shape index (κ3) is 10.9. The van der Waals surface area contributed by atoms with Gasteiger partial charge in [0.1, 0.15) is 11.9 Å². The molecule has 0 aliphatic rings. The number of aliphatic imine (C=N–C) groups is 1. The number of hydrogen-bond donors (Lipinski definition) is 2. The van der Waals surface area contributed by atoms with Crippen molar-refractivity contribution >= 4 is 53.3 Å². The van der Waals surface area contributed by atoms with Gasteiger partial charge in [0.05, 0.1) is 6.54 Å². The number of nitrogens with zero attached hydrogens (tertiary/aromatic N) is 1. The summed E-state index contributed by atoms with van der Waals surface area (Å²) in [4.78, 5) is 4.21. The van der Waals surface area contributed by atoms with Crippen LogP contribution in [-0.2, 0) is 0 Å². The Bertz CT molecular complexity index is 463. The Morgan fingerprint density at radius 1 is 1.35 bits per heavy atom. The van der Waals surface area contributed by atoms with Gasteiger partial charge in [-0.1, -0.05) is 17.7 Å². The lowest BCUT2D eigenvalue weighted by Gasteiger charge is -2.17. The summed E-state index contributed by atoms with van der Waals surface area (Å²) in [6.07, 6.45) is 4.53. The number of halogens is 2. The highest BCUT2D eigenvalue weighted by Gasteiger charge is 2.06. The number of ether oxygens (including phenoxy) is 1. The van der Waals surface area contributed by atoms with E-state index < -0.39 is 0 Å². The lowest BCUT2D eigenvalue weighted by molar-refractivity contribution is 0.224. The van der Waals surface area contributed by atoms with Gasteiger partial charge in [-0.15, -0.1) is 24.0 Å². The van der Waals surface area contributed by atoms with Crippen molar-refractivity contribution in [3.05, 3.63) is 29.3 Å². The van der Waals surface area contributed by atoms with Crippen molar-refractivity contribution in [3.8, 4) is 5.75 Å². The molecule has 0 aliphatic heterocycles. The van der Waals surface area contributed by atoms with E-state index in [4.69, 9.17) is 16.3 Å². The van der Waals surface area contributed by atoms with Crippen molar-refractivity contribution in [2.24, 2.45) is 4.99 Å². The number of benzene rings is 1. The highest BCUT2D eigenvalue weighted by molar-refractivity contribution is 14.0. The van der Waals surface area contributed by atoms with E-state index in [1.54, 1.807) is 7.05 Å². The van der Waals surface area contributed by atoms with E-state index in [2.05, 4.69) is 21.9 Å². The predicted molar refractivity (Wildman–Crippen MR) is 114 cm³/mol. The average Bonchev–Trinajstić information content (AvgIpc) is 2.50. The number of rotatable bonds is 9. The van der Waals surface area contributed by atoms with Gasteiger partial charge in [-0.3, -0.25) is 4.99 Å². The molecule has 0 spiro atoms. The van der Waals surface area contributed by atoms with Crippen molar-refractivity contribution in [1.29, 1.82) is 0 Å². The van der Waals surface area contributed by atoms with Crippen LogP contribution < -0.4 is 15.4 Å². The molecule has 1 aromatic rings. The quantitative estimate of drug-likeness (QED) is 0.247. The summed E-state index contributed by atoms with van der Waals surface area (Å²) in [5.41, 5.74) is 0. The number of nitrogens with one attached hydrogen (secondary N) is 2. The lowest BCUT2D eigenvalue weighted by atomic mass is 10.3. The Labute approximate surface area is 166 Å². The Morgan fingerprint density at radius 3 is 2.78 bits per heavy atom. The van der Waals surface area contributed by atoms with Gasteiger partial charge in [0.2, 0.25) is 0 Å². The van der Waals surface area contributed by atoms with Crippen LogP contribution >= 0.6 is 47.3 Å². The van der Waals surface area contributed by atoms with Crippen molar-refractivity contribution < 1.29 is 4.74 Å². The van der Waals surface area contributed by atoms with Crippen molar-refractivity contribution in [1.82, 2.24) is 10.6 Å². The number of hydrogen-bond acceptors (Lipinski definition) is 3. The lowest BCUT2D eigenvalue weighted by Crippen LogP contribution is -2.42. The van der Waals surface area contributed by atoms with E-state index in [-0.39, 0.29) is 30.1 Å². The van der Waals surface area contributed by atoms with Gasteiger partial charge in [-0.2, -0.15) is 11.8 Å². The molecular weight excluding hydrogens is 445 g/mol. The van der Waals surface area contributed by atoms with E-state index in [0.29, 0.717) is 11.6 Å². The average molecular weight is 472 g/mol. The molecule has 23 heavy (non-hydrogen) atoms. The smallest absolute Gasteiger partial charge is 0.191 e. The second-order valence-electron chi connectivity index (χ2n) is 4.97. The first-order valence-electron chi connectivity index (χ1n) is 7.51. The molecule has 1 atom stereocenters. The first-order chi connectivity index (χ1) is 10.7. The van der Waals surface area contributed by atoms with Crippen LogP contribution in [0.1, 0.15) is 19.8 Å². The van der Waals surface area contributed by atoms with Crippen LogP contribution in [0, 0.1) is 0 Å². The summed E-state index contributed by atoms with van der Waals surface area (Å²) >= 11 is 7.83. The van der Waals surface area contributed by atoms with Gasteiger partial charge in [0.15, 0.2) is 5.96 Å². The summed E-state index contributed by atoms with van der Waals surface area (Å²) in [5, 5.41) is 7.26. The molecule has 1 unspecified atom stereocenters. The molecule has 7 heteroatoms. The normalized spacial score (nSPS) is 12.3. The largest absolute Gasteiger partial charge is 0.489 e. The van der Waals surface area contributed by atoms with Crippen LogP contribution in [0.4, 0.5) is 0 Å². The fraction of sp³-hybridized carbons (Fsp3) is 0.562. The zero-order valence-electron chi connectivity index (χ0n) is 14.0. The minimum Gasteiger partial charge on any atom is -0.489 e. The summed E-state index contributed by atoms with van der Waals surface area (Å²) in [6, 6.07) is 7.44. The highest BCUT2D eigenvalue weighted by atomic mass is 127. The van der Waals surface area contributed by atoms with Crippen molar-refractivity contribution in [3.63, 3.8) is 0 Å². The van der Waals surface area contributed by atoms with E-state index in [1.807, 2.05) is 43.0 Å². The topological polar surface area (TPSA) is 45.7 Å². The van der Waals surface area contributed by atoms with Gasteiger partial charge in [-0.25, -0.2) is 0 Å². The molecule has 0 fully saturated rings. The van der Waals surface area contributed by atoms with E-state index in [9.17, 15) is 0 Å². The minimum atomic E-state index is 0. The highest BCUT2D eigenvalue weighted by Crippen LogP contribution is 2.18. The molecule has 0 saturated heterocycles. The van der Waals surface area contributed by atoms with Crippen LogP contribution in [0.3, 0.4) is 0 Å². The van der Waals surface area contributed by atoms with Gasteiger partial charge in [-0.05, 0) is 50.0 Å². The summed E-state index contributed by atoms with van der Waals surface area (Å²) in [6.45, 7) is 3.63. The minimum absolute atomic E-state index is 0. The first-order valence-corrected chi connectivity index (χ1v) is 9.28. The maximum absolute atomic E-state index is 5.95. The molecule has 0 aliphatic carbocycles. The third-order valence-electron chi connectivity index (χ3n) is 2.98. The monoisotopic (exact) mass is 471 g/mol. The Balaban J connectivity index is 0.00000484. The molecule has 1 rings (SSSR count). The predicted octanol–water partition coefficient (Wildman–Crippen LogP) is 4.03. The van der Waals surface area contributed by atoms with Crippen molar-refractivity contribution in [2.75, 3.05) is 32.1 Å². The third-order valence-corrected chi connectivity index (χ3v) is 3.91. The SMILES string of the molecule is CN=C(NCCCCSC)NCC(C)Oc1cccc(Cl)c1.I. The molecule has 0 heterocycles. The Hall–Kier alpha value is -0.340. The van der Waals surface area contributed by atoms with Crippen molar-refractivity contribution in [2.45, 2.75) is 25.9 Å². The van der Waals surface area contributed by atoms with Crippen LogP contribution in [0.25, 0.3) is 0 Å². The molecule has 0 amide bonds. The summed E-state index contributed by atoms with van der Waals surface area (Å²) in [5.74, 6) is 2.80. The second-order valence-corrected chi connectivity index (χ2v) is 6.39. The Morgan fingerprint density at radius 2 is 2.13 bits per heavy atom. The molecule has 2 N–H and O–H groups in total. The maximum Gasteiger partial charge on any atom is 0.191 e. The standard InChI is InChI=1S/C16H26ClN3OS.HI/c1-13(21-15-8-6-7-14(17)11-15)12-20-16(18-2)19-9-4-5-10-22-3;/h6-8,11,13H,4-5,9-10,12H2,1-3H3,(H2,18,19,20);1H. The van der Waals surface area contributed by atoms with Gasteiger partial charge in [0, 0.05) is 18.6 Å². The molecule has 0 radical (unpaired) electrons. The fourth-order valence-corrected chi connectivity index (χ4v) is 2.53. The first kappa shape index (κ1) is 22.7. The molecular formula is C16H27ClIN3OS. The number of thioether (sulfide) groups is 1. The number of unbranched alkanes of at least 4 members (excludes halogenated alkanes) is 1. The fourth-order valence-electron chi connectivity index (χ4n) is 1.85. The molecule has 132 valence electrons. The maximum atomic E-state index is 5.95. The summed E-state index contributed by atoms with van der Waals surface area (Å²) in [7, 11) is 1.78. The molecule has 0 aromatic heterocycles. The molecule has 0 bridgehead atoms. The molecule has 0 saturated carbocycles. The zero-order valence-corrected chi connectivity index (χ0v) is 17.9. The molecule has 1 aromatic carbocycles. The van der Waals surface area contributed by atoms with Crippen LogP contribution in [0.2, 0.25) is 5.02 Å². The second kappa shape index (κ2) is 14.0. The molecule has 4 nitrogen and oxygen atoms in total.